The topological polar surface area (TPSA) is 92.4 Å². The van der Waals surface area contributed by atoms with Gasteiger partial charge in [0.15, 0.2) is 5.82 Å². The summed E-state index contributed by atoms with van der Waals surface area (Å²) in [5.74, 6) is 0.402. The van der Waals surface area contributed by atoms with E-state index >= 15 is 0 Å². The van der Waals surface area contributed by atoms with Gasteiger partial charge in [-0.3, -0.25) is 9.59 Å². The van der Waals surface area contributed by atoms with E-state index in [9.17, 15) is 9.59 Å². The van der Waals surface area contributed by atoms with Crippen LogP contribution in [0.15, 0.2) is 54.7 Å². The highest BCUT2D eigenvalue weighted by Crippen LogP contribution is 2.27. The summed E-state index contributed by atoms with van der Waals surface area (Å²) < 4.78 is 5.26. The third-order valence-corrected chi connectivity index (χ3v) is 4.57. The lowest BCUT2D eigenvalue weighted by atomic mass is 10.1. The van der Waals surface area contributed by atoms with Crippen LogP contribution in [0.25, 0.3) is 0 Å². The SMILES string of the molecule is CNC(=O)c1cnc(Nc2ccccc2C)c(NC(=O)c2cc(C)cc(OC)c2)c1. The van der Waals surface area contributed by atoms with Crippen LogP contribution in [-0.2, 0) is 0 Å². The Bertz CT molecular complexity index is 1100. The van der Waals surface area contributed by atoms with Crippen LogP contribution in [-0.4, -0.2) is 31.0 Å². The number of aromatic nitrogens is 1. The Morgan fingerprint density at radius 3 is 2.40 bits per heavy atom. The van der Waals surface area contributed by atoms with Crippen molar-refractivity contribution < 1.29 is 14.3 Å². The Labute approximate surface area is 175 Å². The van der Waals surface area contributed by atoms with Gasteiger partial charge in [0.2, 0.25) is 0 Å². The van der Waals surface area contributed by atoms with Crippen LogP contribution >= 0.6 is 0 Å². The molecule has 30 heavy (non-hydrogen) atoms. The number of benzene rings is 2. The zero-order chi connectivity index (χ0) is 21.7. The highest BCUT2D eigenvalue weighted by atomic mass is 16.5. The van der Waals surface area contributed by atoms with Crippen molar-refractivity contribution >= 4 is 29.0 Å². The molecule has 2 aromatic carbocycles. The number of carbonyl (C=O) groups excluding carboxylic acids is 2. The number of methoxy groups -OCH3 is 1. The second kappa shape index (κ2) is 9.09. The molecule has 0 atom stereocenters. The van der Waals surface area contributed by atoms with E-state index in [1.807, 2.05) is 44.2 Å². The van der Waals surface area contributed by atoms with Gasteiger partial charge in [-0.15, -0.1) is 0 Å². The molecule has 0 saturated heterocycles. The van der Waals surface area contributed by atoms with Crippen molar-refractivity contribution in [3.8, 4) is 5.75 Å². The molecular weight excluding hydrogens is 380 g/mol. The molecular formula is C23H24N4O3. The van der Waals surface area contributed by atoms with Gasteiger partial charge in [-0.05, 0) is 55.3 Å². The monoisotopic (exact) mass is 404 g/mol. The van der Waals surface area contributed by atoms with E-state index in [0.717, 1.165) is 16.8 Å². The first kappa shape index (κ1) is 20.9. The number of hydrogen-bond donors (Lipinski definition) is 3. The van der Waals surface area contributed by atoms with Gasteiger partial charge in [-0.25, -0.2) is 4.98 Å². The van der Waals surface area contributed by atoms with Gasteiger partial charge in [0.05, 0.1) is 18.4 Å². The maximum absolute atomic E-state index is 12.9. The molecule has 0 spiro atoms. The minimum absolute atomic E-state index is 0.294. The number of nitrogens with zero attached hydrogens (tertiary/aromatic N) is 1. The summed E-state index contributed by atoms with van der Waals surface area (Å²) in [6.07, 6.45) is 1.46. The predicted molar refractivity (Wildman–Crippen MR) is 118 cm³/mol. The lowest BCUT2D eigenvalue weighted by molar-refractivity contribution is 0.0961. The van der Waals surface area contributed by atoms with E-state index in [1.54, 1.807) is 32.4 Å². The number of aryl methyl sites for hydroxylation is 2. The summed E-state index contributed by atoms with van der Waals surface area (Å²) >= 11 is 0. The number of para-hydroxylation sites is 1. The van der Waals surface area contributed by atoms with Crippen LogP contribution in [0.1, 0.15) is 31.8 Å². The number of pyridine rings is 1. The Balaban J connectivity index is 1.98. The summed E-state index contributed by atoms with van der Waals surface area (Å²) in [5.41, 5.74) is 3.95. The number of carbonyl (C=O) groups is 2. The number of amides is 2. The highest BCUT2D eigenvalue weighted by Gasteiger charge is 2.15. The maximum atomic E-state index is 12.9. The van der Waals surface area contributed by atoms with Crippen molar-refractivity contribution in [2.75, 3.05) is 24.8 Å². The molecule has 3 rings (SSSR count). The number of anilines is 3. The Kier molecular flexibility index (Phi) is 6.32. The largest absolute Gasteiger partial charge is 0.497 e. The molecule has 0 aliphatic carbocycles. The molecule has 7 heteroatoms. The highest BCUT2D eigenvalue weighted by molar-refractivity contribution is 6.07. The van der Waals surface area contributed by atoms with Gasteiger partial charge in [-0.2, -0.15) is 0 Å². The van der Waals surface area contributed by atoms with Crippen LogP contribution in [0.4, 0.5) is 17.2 Å². The molecule has 0 bridgehead atoms. The minimum atomic E-state index is -0.333. The molecule has 0 aliphatic heterocycles. The lowest BCUT2D eigenvalue weighted by Crippen LogP contribution is -2.20. The summed E-state index contributed by atoms with van der Waals surface area (Å²) in [6, 6.07) is 14.6. The molecule has 7 nitrogen and oxygen atoms in total. The fourth-order valence-electron chi connectivity index (χ4n) is 2.96. The summed E-state index contributed by atoms with van der Waals surface area (Å²) in [6.45, 7) is 3.86. The average molecular weight is 404 g/mol. The lowest BCUT2D eigenvalue weighted by Gasteiger charge is -2.15. The average Bonchev–Trinajstić information content (AvgIpc) is 2.75. The third kappa shape index (κ3) is 4.75. The van der Waals surface area contributed by atoms with E-state index in [1.165, 1.54) is 6.20 Å². The van der Waals surface area contributed by atoms with Crippen LogP contribution in [0.2, 0.25) is 0 Å². The van der Waals surface area contributed by atoms with E-state index < -0.39 is 0 Å². The predicted octanol–water partition coefficient (Wildman–Crippen LogP) is 4.06. The van der Waals surface area contributed by atoms with Gasteiger partial charge in [0, 0.05) is 24.5 Å². The molecule has 0 unspecified atom stereocenters. The molecule has 1 aromatic heterocycles. The molecule has 0 fully saturated rings. The molecule has 1 heterocycles. The molecule has 2 amide bonds. The van der Waals surface area contributed by atoms with E-state index in [2.05, 4.69) is 20.9 Å². The van der Waals surface area contributed by atoms with Crippen molar-refractivity contribution in [3.63, 3.8) is 0 Å². The fraction of sp³-hybridized carbons (Fsp3) is 0.174. The number of hydrogen-bond acceptors (Lipinski definition) is 5. The van der Waals surface area contributed by atoms with Crippen molar-refractivity contribution in [2.24, 2.45) is 0 Å². The van der Waals surface area contributed by atoms with Gasteiger partial charge in [0.1, 0.15) is 5.75 Å². The van der Waals surface area contributed by atoms with Crippen LogP contribution < -0.4 is 20.7 Å². The quantitative estimate of drug-likeness (QED) is 0.576. The van der Waals surface area contributed by atoms with E-state index in [-0.39, 0.29) is 11.8 Å². The van der Waals surface area contributed by atoms with Crippen LogP contribution in [0.5, 0.6) is 5.75 Å². The molecule has 0 saturated carbocycles. The summed E-state index contributed by atoms with van der Waals surface area (Å²) in [4.78, 5) is 29.4. The molecule has 154 valence electrons. The second-order valence-corrected chi connectivity index (χ2v) is 6.83. The van der Waals surface area contributed by atoms with Crippen molar-refractivity contribution in [1.82, 2.24) is 10.3 Å². The van der Waals surface area contributed by atoms with Crippen molar-refractivity contribution in [2.45, 2.75) is 13.8 Å². The Morgan fingerprint density at radius 1 is 0.933 bits per heavy atom. The molecule has 0 aliphatic rings. The Morgan fingerprint density at radius 2 is 1.70 bits per heavy atom. The molecule has 0 radical (unpaired) electrons. The zero-order valence-corrected chi connectivity index (χ0v) is 17.4. The third-order valence-electron chi connectivity index (χ3n) is 4.57. The van der Waals surface area contributed by atoms with Gasteiger partial charge in [-0.1, -0.05) is 18.2 Å². The first-order chi connectivity index (χ1) is 14.4. The maximum Gasteiger partial charge on any atom is 0.255 e. The first-order valence-corrected chi connectivity index (χ1v) is 9.43. The van der Waals surface area contributed by atoms with E-state index in [0.29, 0.717) is 28.4 Å². The zero-order valence-electron chi connectivity index (χ0n) is 17.4. The summed E-state index contributed by atoms with van der Waals surface area (Å²) in [5, 5.41) is 8.66. The van der Waals surface area contributed by atoms with Crippen LogP contribution in [0.3, 0.4) is 0 Å². The van der Waals surface area contributed by atoms with Crippen molar-refractivity contribution in [3.05, 3.63) is 77.0 Å². The fourth-order valence-corrected chi connectivity index (χ4v) is 2.96. The normalized spacial score (nSPS) is 10.3. The summed E-state index contributed by atoms with van der Waals surface area (Å²) in [7, 11) is 3.09. The number of ether oxygens (including phenoxy) is 1. The van der Waals surface area contributed by atoms with E-state index in [4.69, 9.17) is 4.74 Å². The van der Waals surface area contributed by atoms with Gasteiger partial charge in [0.25, 0.3) is 11.8 Å². The minimum Gasteiger partial charge on any atom is -0.497 e. The van der Waals surface area contributed by atoms with Gasteiger partial charge >= 0.3 is 0 Å². The number of rotatable bonds is 6. The van der Waals surface area contributed by atoms with Gasteiger partial charge < -0.3 is 20.7 Å². The second-order valence-electron chi connectivity index (χ2n) is 6.83. The standard InChI is InChI=1S/C23H24N4O3/c1-14-9-16(11-18(10-14)30-4)23(29)27-20-12-17(22(28)24-3)13-25-21(20)26-19-8-6-5-7-15(19)2/h5-13H,1-4H3,(H,24,28)(H,25,26)(H,27,29). The van der Waals surface area contributed by atoms with Crippen LogP contribution in [0, 0.1) is 13.8 Å². The molecule has 3 aromatic rings. The molecule has 3 N–H and O–H groups in total. The number of nitrogens with one attached hydrogen (secondary N) is 3. The first-order valence-electron chi connectivity index (χ1n) is 9.43. The smallest absolute Gasteiger partial charge is 0.255 e. The van der Waals surface area contributed by atoms with Crippen molar-refractivity contribution in [1.29, 1.82) is 0 Å². The Hall–Kier alpha value is -3.87.